The van der Waals surface area contributed by atoms with Crippen LogP contribution in [0.15, 0.2) is 45.8 Å². The van der Waals surface area contributed by atoms with Gasteiger partial charge in [0.15, 0.2) is 5.76 Å². The Balaban J connectivity index is 0.000000148. The summed E-state index contributed by atoms with van der Waals surface area (Å²) in [6, 6.07) is 9.64. The minimum Gasteiger partial charge on any atom is -0.465 e. The second-order valence-electron chi connectivity index (χ2n) is 3.44. The maximum Gasteiger partial charge on any atom is 0.200 e. The third-order valence-electron chi connectivity index (χ3n) is 2.33. The number of benzene rings is 1. The van der Waals surface area contributed by atoms with Crippen molar-refractivity contribution in [1.29, 1.82) is 0 Å². The van der Waals surface area contributed by atoms with Crippen LogP contribution >= 0.6 is 0 Å². The Bertz CT molecular complexity index is 618. The van der Waals surface area contributed by atoms with Crippen LogP contribution < -0.4 is 5.43 Å². The van der Waals surface area contributed by atoms with Gasteiger partial charge >= 0.3 is 0 Å². The van der Waals surface area contributed by atoms with Crippen LogP contribution in [0.5, 0.6) is 0 Å². The van der Waals surface area contributed by atoms with Gasteiger partial charge in [0.05, 0.1) is 6.26 Å². The van der Waals surface area contributed by atoms with Crippen molar-refractivity contribution in [1.82, 2.24) is 0 Å². The molecule has 2 aliphatic carbocycles. The summed E-state index contributed by atoms with van der Waals surface area (Å²) in [7, 11) is 0. The molecule has 0 bridgehead atoms. The molecule has 1 aromatic heterocycles. The molecule has 2 nitrogen and oxygen atoms in total. The van der Waals surface area contributed by atoms with Crippen molar-refractivity contribution in [2.45, 2.75) is 6.67 Å². The van der Waals surface area contributed by atoms with Crippen molar-refractivity contribution in [3.05, 3.63) is 58.1 Å². The van der Waals surface area contributed by atoms with E-state index < -0.39 is 6.67 Å². The minimum atomic E-state index is -0.852. The number of rotatable bonds is 1. The Morgan fingerprint density at radius 2 is 2.00 bits per heavy atom. The molecular weight excluding hydrogens is 219 g/mol. The van der Waals surface area contributed by atoms with Crippen LogP contribution in [0.1, 0.15) is 11.3 Å². The summed E-state index contributed by atoms with van der Waals surface area (Å²) < 4.78 is 16.7. The maximum atomic E-state index is 12.0. The van der Waals surface area contributed by atoms with E-state index in [-0.39, 0.29) is 16.8 Å². The smallest absolute Gasteiger partial charge is 0.200 e. The van der Waals surface area contributed by atoms with Gasteiger partial charge in [-0.2, -0.15) is 0 Å². The SMILES string of the molecule is C#Cc1c(CF)occc1=O.c1cc2cc-2c1. The lowest BCUT2D eigenvalue weighted by atomic mass is 10.2. The van der Waals surface area contributed by atoms with Crippen LogP contribution in [0, 0.1) is 12.3 Å². The van der Waals surface area contributed by atoms with E-state index in [4.69, 9.17) is 6.42 Å². The van der Waals surface area contributed by atoms with Crippen molar-refractivity contribution < 1.29 is 8.81 Å². The normalized spacial score (nSPS) is 9.88. The van der Waals surface area contributed by atoms with Gasteiger partial charge in [-0.25, -0.2) is 4.39 Å². The number of terminal acetylenes is 1. The van der Waals surface area contributed by atoms with Gasteiger partial charge in [0, 0.05) is 6.07 Å². The van der Waals surface area contributed by atoms with Crippen LogP contribution in [0.25, 0.3) is 11.1 Å². The van der Waals surface area contributed by atoms with Crippen LogP contribution in [-0.4, -0.2) is 0 Å². The van der Waals surface area contributed by atoms with Gasteiger partial charge in [-0.15, -0.1) is 6.42 Å². The highest BCUT2D eigenvalue weighted by molar-refractivity contribution is 5.80. The molecule has 17 heavy (non-hydrogen) atoms. The lowest BCUT2D eigenvalue weighted by Gasteiger charge is -1.94. The van der Waals surface area contributed by atoms with Gasteiger partial charge in [0.1, 0.15) is 12.2 Å². The Hall–Kier alpha value is -2.34. The first-order chi connectivity index (χ1) is 8.26. The first-order valence-corrected chi connectivity index (χ1v) is 5.00. The molecule has 0 fully saturated rings. The van der Waals surface area contributed by atoms with E-state index in [9.17, 15) is 9.18 Å². The number of alkyl halides is 1. The summed E-state index contributed by atoms with van der Waals surface area (Å²) in [5.41, 5.74) is 2.44. The molecule has 0 unspecified atom stereocenters. The Kier molecular flexibility index (Phi) is 3.06. The third kappa shape index (κ3) is 2.43. The zero-order valence-electron chi connectivity index (χ0n) is 8.94. The highest BCUT2D eigenvalue weighted by atomic mass is 19.1. The van der Waals surface area contributed by atoms with Gasteiger partial charge in [-0.05, 0) is 17.2 Å². The monoisotopic (exact) mass is 228 g/mol. The van der Waals surface area contributed by atoms with Crippen molar-refractivity contribution in [2.75, 3.05) is 0 Å². The Morgan fingerprint density at radius 1 is 1.29 bits per heavy atom. The molecule has 0 aromatic carbocycles. The van der Waals surface area contributed by atoms with E-state index in [0.717, 1.165) is 12.3 Å². The van der Waals surface area contributed by atoms with E-state index in [2.05, 4.69) is 34.6 Å². The summed E-state index contributed by atoms with van der Waals surface area (Å²) in [6.07, 6.45) is 6.07. The standard InChI is InChI=1S/C8H5FO2.C6H4/c1-2-6-7(10)3-4-11-8(6)5-9;1-2-5-4-6(5)3-1/h1,3-4H,5H2;1-4H. The van der Waals surface area contributed by atoms with Crippen molar-refractivity contribution in [2.24, 2.45) is 0 Å². The molecular formula is C14H9FO2. The molecule has 0 saturated heterocycles. The first-order valence-electron chi connectivity index (χ1n) is 5.00. The second-order valence-corrected chi connectivity index (χ2v) is 3.44. The quantitative estimate of drug-likeness (QED) is 0.599. The molecule has 0 saturated carbocycles. The average molecular weight is 228 g/mol. The number of hydrogen-bond acceptors (Lipinski definition) is 2. The molecule has 3 heteroatoms. The van der Waals surface area contributed by atoms with Crippen LogP contribution in [0.4, 0.5) is 4.39 Å². The number of fused-ring (bicyclic) bond motifs is 1. The highest BCUT2D eigenvalue weighted by Gasteiger charge is 2.07. The fraction of sp³-hybridized carbons (Fsp3) is 0.0714. The third-order valence-corrected chi connectivity index (χ3v) is 2.33. The molecule has 0 spiro atoms. The zero-order valence-corrected chi connectivity index (χ0v) is 8.94. The predicted molar refractivity (Wildman–Crippen MR) is 63.2 cm³/mol. The largest absolute Gasteiger partial charge is 0.465 e. The van der Waals surface area contributed by atoms with E-state index in [1.807, 2.05) is 0 Å². The van der Waals surface area contributed by atoms with Crippen LogP contribution in [0.3, 0.4) is 0 Å². The molecule has 0 radical (unpaired) electrons. The summed E-state index contributed by atoms with van der Waals surface area (Å²) in [5, 5.41) is 0. The fourth-order valence-corrected chi connectivity index (χ4v) is 1.38. The molecule has 3 rings (SSSR count). The van der Waals surface area contributed by atoms with Gasteiger partial charge in [0.2, 0.25) is 5.43 Å². The molecule has 0 amide bonds. The van der Waals surface area contributed by atoms with Gasteiger partial charge in [-0.3, -0.25) is 4.79 Å². The molecule has 1 aromatic rings. The number of hydrogen-bond donors (Lipinski definition) is 0. The lowest BCUT2D eigenvalue weighted by Crippen LogP contribution is -2.06. The highest BCUT2D eigenvalue weighted by Crippen LogP contribution is 2.32. The second kappa shape index (κ2) is 4.67. The Labute approximate surface area is 97.7 Å². The van der Waals surface area contributed by atoms with Crippen molar-refractivity contribution in [3.63, 3.8) is 0 Å². The molecule has 0 atom stereocenters. The van der Waals surface area contributed by atoms with Gasteiger partial charge in [0.25, 0.3) is 0 Å². The molecule has 1 heterocycles. The number of halogens is 1. The van der Waals surface area contributed by atoms with Crippen molar-refractivity contribution >= 4 is 0 Å². The van der Waals surface area contributed by atoms with E-state index in [0.29, 0.717) is 0 Å². The Morgan fingerprint density at radius 3 is 2.35 bits per heavy atom. The fourth-order valence-electron chi connectivity index (χ4n) is 1.38. The lowest BCUT2D eigenvalue weighted by molar-refractivity contribution is 0.382. The maximum absolute atomic E-state index is 12.0. The van der Waals surface area contributed by atoms with Gasteiger partial charge < -0.3 is 4.42 Å². The van der Waals surface area contributed by atoms with Crippen molar-refractivity contribution in [3.8, 4) is 23.5 Å². The topological polar surface area (TPSA) is 30.2 Å². The first kappa shape index (κ1) is 11.2. The average Bonchev–Trinajstić information content (AvgIpc) is 2.96. The molecule has 0 N–H and O–H groups in total. The van der Waals surface area contributed by atoms with E-state index in [1.54, 1.807) is 0 Å². The van der Waals surface area contributed by atoms with E-state index >= 15 is 0 Å². The summed E-state index contributed by atoms with van der Waals surface area (Å²) >= 11 is 0. The summed E-state index contributed by atoms with van der Waals surface area (Å²) in [5.74, 6) is 1.99. The summed E-state index contributed by atoms with van der Waals surface area (Å²) in [4.78, 5) is 10.9. The molecule has 0 aliphatic heterocycles. The minimum absolute atomic E-state index is 0.0324. The summed E-state index contributed by atoms with van der Waals surface area (Å²) in [6.45, 7) is -0.852. The molecule has 84 valence electrons. The zero-order chi connectivity index (χ0) is 12.3. The predicted octanol–water partition coefficient (Wildman–Crippen LogP) is 2.76. The van der Waals surface area contributed by atoms with Gasteiger partial charge in [-0.1, -0.05) is 24.1 Å². The van der Waals surface area contributed by atoms with Crippen LogP contribution in [-0.2, 0) is 6.67 Å². The molecule has 2 aliphatic rings. The van der Waals surface area contributed by atoms with Crippen LogP contribution in [0.2, 0.25) is 0 Å². The van der Waals surface area contributed by atoms with E-state index in [1.165, 1.54) is 11.1 Å².